The van der Waals surface area contributed by atoms with E-state index in [4.69, 9.17) is 0 Å². The fourth-order valence-electron chi connectivity index (χ4n) is 2.95. The van der Waals surface area contributed by atoms with Gasteiger partial charge in [-0.1, -0.05) is 24.3 Å². The van der Waals surface area contributed by atoms with Crippen LogP contribution in [0, 0.1) is 5.82 Å². The lowest BCUT2D eigenvalue weighted by Gasteiger charge is -2.17. The van der Waals surface area contributed by atoms with Gasteiger partial charge < -0.3 is 5.32 Å². The van der Waals surface area contributed by atoms with Gasteiger partial charge in [0, 0.05) is 31.9 Å². The Labute approximate surface area is 136 Å². The third-order valence-electron chi connectivity index (χ3n) is 4.15. The van der Waals surface area contributed by atoms with Gasteiger partial charge in [0.05, 0.1) is 0 Å². The van der Waals surface area contributed by atoms with Gasteiger partial charge in [-0.25, -0.2) is 9.37 Å². The first kappa shape index (κ1) is 15.7. The summed E-state index contributed by atoms with van der Waals surface area (Å²) >= 11 is 0. The van der Waals surface area contributed by atoms with Crippen molar-refractivity contribution in [3.05, 3.63) is 72.2 Å². The van der Waals surface area contributed by atoms with Crippen molar-refractivity contribution >= 4 is 5.82 Å². The summed E-state index contributed by atoms with van der Waals surface area (Å²) in [5.74, 6) is 0.743. The molecule has 0 spiro atoms. The summed E-state index contributed by atoms with van der Waals surface area (Å²) in [4.78, 5) is 6.85. The van der Waals surface area contributed by atoms with Gasteiger partial charge in [-0.2, -0.15) is 0 Å². The molecule has 1 fully saturated rings. The Morgan fingerprint density at radius 2 is 2.00 bits per heavy atom. The standard InChI is InChI=1S/C19H22FN3/c1-2-3-15-6-9-19(21-12-15)22-18-10-11-23(14-18)13-16-4-7-17(20)8-5-16/h2,4-9,12,18H,1,3,10-11,13-14H2,(H,21,22)/t18-/m1/s1. The second-order valence-electron chi connectivity index (χ2n) is 6.04. The number of benzene rings is 1. The topological polar surface area (TPSA) is 28.2 Å². The van der Waals surface area contributed by atoms with Gasteiger partial charge in [0.15, 0.2) is 0 Å². The molecule has 0 amide bonds. The number of aromatic nitrogens is 1. The van der Waals surface area contributed by atoms with Crippen molar-refractivity contribution in [2.75, 3.05) is 18.4 Å². The van der Waals surface area contributed by atoms with Crippen LogP contribution in [0.1, 0.15) is 17.5 Å². The molecule has 1 aliphatic rings. The monoisotopic (exact) mass is 311 g/mol. The van der Waals surface area contributed by atoms with Crippen LogP contribution in [0.3, 0.4) is 0 Å². The summed E-state index contributed by atoms with van der Waals surface area (Å²) in [6, 6.07) is 11.3. The van der Waals surface area contributed by atoms with Crippen LogP contribution in [0.15, 0.2) is 55.3 Å². The average Bonchev–Trinajstić information content (AvgIpc) is 2.99. The Balaban J connectivity index is 1.51. The lowest BCUT2D eigenvalue weighted by molar-refractivity contribution is 0.328. The van der Waals surface area contributed by atoms with E-state index in [0.717, 1.165) is 43.9 Å². The Bertz CT molecular complexity index is 637. The van der Waals surface area contributed by atoms with Crippen LogP contribution >= 0.6 is 0 Å². The fourth-order valence-corrected chi connectivity index (χ4v) is 2.95. The zero-order chi connectivity index (χ0) is 16.1. The van der Waals surface area contributed by atoms with Gasteiger partial charge in [0.25, 0.3) is 0 Å². The summed E-state index contributed by atoms with van der Waals surface area (Å²) in [7, 11) is 0. The van der Waals surface area contributed by atoms with Crippen LogP contribution in [-0.4, -0.2) is 29.0 Å². The van der Waals surface area contributed by atoms with Gasteiger partial charge in [-0.3, -0.25) is 4.90 Å². The Kier molecular flexibility index (Phi) is 5.03. The Morgan fingerprint density at radius 1 is 1.22 bits per heavy atom. The maximum absolute atomic E-state index is 12.9. The fraction of sp³-hybridized carbons (Fsp3) is 0.316. The molecule has 1 atom stereocenters. The smallest absolute Gasteiger partial charge is 0.126 e. The third-order valence-corrected chi connectivity index (χ3v) is 4.15. The van der Waals surface area contributed by atoms with E-state index < -0.39 is 0 Å². The summed E-state index contributed by atoms with van der Waals surface area (Å²) in [6.07, 6.45) is 5.73. The molecule has 1 aliphatic heterocycles. The van der Waals surface area contributed by atoms with E-state index in [1.54, 1.807) is 0 Å². The van der Waals surface area contributed by atoms with Crippen molar-refractivity contribution in [1.82, 2.24) is 9.88 Å². The largest absolute Gasteiger partial charge is 0.366 e. The molecule has 0 unspecified atom stereocenters. The zero-order valence-corrected chi connectivity index (χ0v) is 13.2. The lowest BCUT2D eigenvalue weighted by Crippen LogP contribution is -2.26. The van der Waals surface area contributed by atoms with E-state index >= 15 is 0 Å². The van der Waals surface area contributed by atoms with Crippen molar-refractivity contribution < 1.29 is 4.39 Å². The lowest BCUT2D eigenvalue weighted by atomic mass is 10.2. The number of nitrogens with one attached hydrogen (secondary N) is 1. The summed E-state index contributed by atoms with van der Waals surface area (Å²) in [6.45, 7) is 6.63. The van der Waals surface area contributed by atoms with E-state index in [-0.39, 0.29) is 5.82 Å². The van der Waals surface area contributed by atoms with Crippen molar-refractivity contribution in [2.45, 2.75) is 25.4 Å². The highest BCUT2D eigenvalue weighted by atomic mass is 19.1. The van der Waals surface area contributed by atoms with Crippen molar-refractivity contribution in [3.63, 3.8) is 0 Å². The number of pyridine rings is 1. The predicted octanol–water partition coefficient (Wildman–Crippen LogP) is 3.64. The van der Waals surface area contributed by atoms with E-state index in [1.165, 1.54) is 17.7 Å². The molecule has 1 N–H and O–H groups in total. The van der Waals surface area contributed by atoms with Crippen molar-refractivity contribution in [3.8, 4) is 0 Å². The minimum atomic E-state index is -0.180. The molecule has 3 nitrogen and oxygen atoms in total. The first-order chi connectivity index (χ1) is 11.2. The van der Waals surface area contributed by atoms with Crippen LogP contribution in [0.5, 0.6) is 0 Å². The van der Waals surface area contributed by atoms with Crippen molar-refractivity contribution in [1.29, 1.82) is 0 Å². The van der Waals surface area contributed by atoms with Gasteiger partial charge >= 0.3 is 0 Å². The SMILES string of the molecule is C=CCc1ccc(N[C@@H]2CCN(Cc3ccc(F)cc3)C2)nc1. The average molecular weight is 311 g/mol. The molecule has 2 aromatic rings. The van der Waals surface area contributed by atoms with Gasteiger partial charge in [-0.05, 0) is 42.2 Å². The molecule has 2 heterocycles. The molecule has 1 aromatic carbocycles. The highest BCUT2D eigenvalue weighted by molar-refractivity contribution is 5.37. The first-order valence-corrected chi connectivity index (χ1v) is 8.02. The van der Waals surface area contributed by atoms with Crippen LogP contribution in [0.25, 0.3) is 0 Å². The second-order valence-corrected chi connectivity index (χ2v) is 6.04. The molecule has 0 radical (unpaired) electrons. The van der Waals surface area contributed by atoms with Gasteiger partial charge in [-0.15, -0.1) is 6.58 Å². The Hall–Kier alpha value is -2.20. The predicted molar refractivity (Wildman–Crippen MR) is 91.8 cm³/mol. The zero-order valence-electron chi connectivity index (χ0n) is 13.2. The maximum atomic E-state index is 12.9. The molecule has 1 saturated heterocycles. The number of rotatable bonds is 6. The molecule has 0 bridgehead atoms. The third kappa shape index (κ3) is 4.39. The minimum absolute atomic E-state index is 0.180. The molecule has 3 rings (SSSR count). The van der Waals surface area contributed by atoms with E-state index in [1.807, 2.05) is 30.5 Å². The Morgan fingerprint density at radius 3 is 2.70 bits per heavy atom. The highest BCUT2D eigenvalue weighted by Gasteiger charge is 2.22. The van der Waals surface area contributed by atoms with E-state index in [9.17, 15) is 4.39 Å². The summed E-state index contributed by atoms with van der Waals surface area (Å²) in [5, 5.41) is 3.50. The summed E-state index contributed by atoms with van der Waals surface area (Å²) < 4.78 is 12.9. The number of likely N-dealkylation sites (tertiary alicyclic amines) is 1. The van der Waals surface area contributed by atoms with E-state index in [2.05, 4.69) is 27.8 Å². The summed E-state index contributed by atoms with van der Waals surface area (Å²) in [5.41, 5.74) is 2.33. The molecular weight excluding hydrogens is 289 g/mol. The second kappa shape index (κ2) is 7.38. The number of hydrogen-bond acceptors (Lipinski definition) is 3. The van der Waals surface area contributed by atoms with Gasteiger partial charge in [0.2, 0.25) is 0 Å². The number of nitrogens with zero attached hydrogens (tertiary/aromatic N) is 2. The van der Waals surface area contributed by atoms with E-state index in [0.29, 0.717) is 6.04 Å². The number of halogens is 1. The number of hydrogen-bond donors (Lipinski definition) is 1. The highest BCUT2D eigenvalue weighted by Crippen LogP contribution is 2.17. The van der Waals surface area contributed by atoms with Crippen LogP contribution in [0.4, 0.5) is 10.2 Å². The molecular formula is C19H22FN3. The first-order valence-electron chi connectivity index (χ1n) is 8.02. The van der Waals surface area contributed by atoms with Crippen LogP contribution < -0.4 is 5.32 Å². The molecule has 120 valence electrons. The minimum Gasteiger partial charge on any atom is -0.366 e. The number of anilines is 1. The van der Waals surface area contributed by atoms with Gasteiger partial charge in [0.1, 0.15) is 11.6 Å². The molecule has 0 saturated carbocycles. The number of allylic oxidation sites excluding steroid dienone is 1. The normalized spacial score (nSPS) is 18.0. The molecule has 1 aromatic heterocycles. The molecule has 0 aliphatic carbocycles. The van der Waals surface area contributed by atoms with Crippen LogP contribution in [0.2, 0.25) is 0 Å². The van der Waals surface area contributed by atoms with Crippen LogP contribution in [-0.2, 0) is 13.0 Å². The maximum Gasteiger partial charge on any atom is 0.126 e. The molecule has 4 heteroatoms. The van der Waals surface area contributed by atoms with Crippen molar-refractivity contribution in [2.24, 2.45) is 0 Å². The molecule has 23 heavy (non-hydrogen) atoms. The quantitative estimate of drug-likeness (QED) is 0.826.